The number of rotatable bonds is 1. The molecule has 0 aliphatic carbocycles. The van der Waals surface area contributed by atoms with Gasteiger partial charge in [-0.1, -0.05) is 72.8 Å². The van der Waals surface area contributed by atoms with Crippen molar-refractivity contribution < 1.29 is 4.74 Å². The molecule has 0 amide bonds. The summed E-state index contributed by atoms with van der Waals surface area (Å²) in [5, 5.41) is 10.7. The molecule has 0 fully saturated rings. The zero-order chi connectivity index (χ0) is 22.3. The maximum Gasteiger partial charge on any atom is 0.119 e. The van der Waals surface area contributed by atoms with E-state index >= 15 is 0 Å². The normalized spacial score (nSPS) is 15.1. The van der Waals surface area contributed by atoms with Crippen LogP contribution in [0.4, 0.5) is 0 Å². The van der Waals surface area contributed by atoms with Crippen molar-refractivity contribution in [1.82, 2.24) is 0 Å². The highest BCUT2D eigenvalue weighted by Gasteiger charge is 2.36. The van der Waals surface area contributed by atoms with Crippen LogP contribution in [0.2, 0.25) is 0 Å². The lowest BCUT2D eigenvalue weighted by atomic mass is 9.87. The van der Waals surface area contributed by atoms with E-state index in [0.717, 1.165) is 5.75 Å². The van der Waals surface area contributed by atoms with Crippen LogP contribution in [0.15, 0.2) is 101 Å². The molecule has 1 nitrogen and oxygen atoms in total. The van der Waals surface area contributed by atoms with E-state index in [2.05, 4.69) is 104 Å². The largest absolute Gasteiger partial charge is 0.497 e. The van der Waals surface area contributed by atoms with E-state index in [4.69, 9.17) is 4.74 Å². The molecule has 0 saturated heterocycles. The van der Waals surface area contributed by atoms with Gasteiger partial charge in [-0.25, -0.2) is 0 Å². The molecule has 1 aliphatic heterocycles. The molecule has 6 aromatic carbocycles. The minimum Gasteiger partial charge on any atom is -0.497 e. The monoisotopic (exact) mass is 444 g/mol. The van der Waals surface area contributed by atoms with Gasteiger partial charge >= 0.3 is 0 Å². The lowest BCUT2D eigenvalue weighted by Crippen LogP contribution is -1.96. The lowest BCUT2D eigenvalue weighted by Gasteiger charge is -2.30. The second kappa shape index (κ2) is 6.52. The molecule has 0 spiro atoms. The van der Waals surface area contributed by atoms with Crippen LogP contribution in [0.25, 0.3) is 54.2 Å². The molecule has 1 heterocycles. The molecule has 0 aromatic heterocycles. The first kappa shape index (κ1) is 19.0. The molecule has 0 N–H and O–H groups in total. The summed E-state index contributed by atoms with van der Waals surface area (Å²) in [5.74, 6) is 0.899. The van der Waals surface area contributed by atoms with Gasteiger partial charge in [0.15, 0.2) is 0 Å². The average molecular weight is 445 g/mol. The second-order valence-corrected chi connectivity index (χ2v) is 12.8. The Bertz CT molecular complexity index is 1780. The van der Waals surface area contributed by atoms with Gasteiger partial charge in [0.1, 0.15) is 5.75 Å². The van der Waals surface area contributed by atoms with Crippen molar-refractivity contribution in [2.45, 2.75) is 9.79 Å². The maximum atomic E-state index is 5.62. The van der Waals surface area contributed by atoms with Crippen LogP contribution in [0, 0.1) is 0 Å². The molecule has 0 radical (unpaired) electrons. The summed E-state index contributed by atoms with van der Waals surface area (Å²) in [5.41, 5.74) is 2.84. The van der Waals surface area contributed by atoms with Crippen LogP contribution >= 0.6 is 10.0 Å². The zero-order valence-electron chi connectivity index (χ0n) is 19.0. The maximum absolute atomic E-state index is 5.62. The van der Waals surface area contributed by atoms with Gasteiger partial charge < -0.3 is 4.74 Å². The van der Waals surface area contributed by atoms with Crippen LogP contribution in [-0.2, 0) is 0 Å². The van der Waals surface area contributed by atoms with Crippen LogP contribution in [0.5, 0.6) is 5.75 Å². The zero-order valence-corrected chi connectivity index (χ0v) is 19.8. The number of ether oxygens (including phenoxy) is 1. The smallest absolute Gasteiger partial charge is 0.119 e. The Kier molecular flexibility index (Phi) is 3.76. The molecule has 33 heavy (non-hydrogen) atoms. The lowest BCUT2D eigenvalue weighted by molar-refractivity contribution is 0.415. The van der Waals surface area contributed by atoms with E-state index in [0.29, 0.717) is 0 Å². The highest BCUT2D eigenvalue weighted by molar-refractivity contribution is 8.33. The molecular formula is C31H24OS. The van der Waals surface area contributed by atoms with Crippen molar-refractivity contribution in [3.63, 3.8) is 0 Å². The minimum atomic E-state index is -1.18. The standard InChI is InChI=1S/C31H24OS/c1-32-19-16-17-24-26(18-19)20-10-4-5-11-21(20)30-28(24)22-12-6-7-13-23(22)29-25-14-8-9-15-27(25)33(2,3)31(29)30/h4-18H,1-3H3. The molecule has 0 bridgehead atoms. The third kappa shape index (κ3) is 2.34. The summed E-state index contributed by atoms with van der Waals surface area (Å²) in [6, 6.07) is 33.5. The number of fused-ring (bicyclic) bond motifs is 13. The summed E-state index contributed by atoms with van der Waals surface area (Å²) in [6.45, 7) is 0. The van der Waals surface area contributed by atoms with E-state index in [1.54, 1.807) is 7.11 Å². The van der Waals surface area contributed by atoms with Gasteiger partial charge in [-0.15, -0.1) is 0 Å². The van der Waals surface area contributed by atoms with Gasteiger partial charge in [-0.05, 0) is 74.0 Å². The summed E-state index contributed by atoms with van der Waals surface area (Å²) in [7, 11) is 0.565. The van der Waals surface area contributed by atoms with E-state index < -0.39 is 10.0 Å². The van der Waals surface area contributed by atoms with Crippen molar-refractivity contribution in [3.05, 3.63) is 91.0 Å². The van der Waals surface area contributed by atoms with Crippen LogP contribution in [-0.4, -0.2) is 19.6 Å². The molecular weight excluding hydrogens is 420 g/mol. The number of hydrogen-bond acceptors (Lipinski definition) is 1. The molecule has 6 aromatic rings. The molecule has 0 unspecified atom stereocenters. The highest BCUT2D eigenvalue weighted by Crippen LogP contribution is 2.71. The SMILES string of the molecule is COc1ccc2c(c1)c1ccccc1c1c3c(c4ccccc4c21)-c1ccccc1S3(C)C. The molecule has 0 atom stereocenters. The molecule has 7 rings (SSSR count). The number of hydrogen-bond donors (Lipinski definition) is 0. The summed E-state index contributed by atoms with van der Waals surface area (Å²) < 4.78 is 5.62. The Hall–Kier alpha value is -3.49. The Labute approximate surface area is 194 Å². The van der Waals surface area contributed by atoms with Crippen LogP contribution in [0.3, 0.4) is 0 Å². The molecule has 2 heteroatoms. The predicted molar refractivity (Wildman–Crippen MR) is 144 cm³/mol. The van der Waals surface area contributed by atoms with Crippen molar-refractivity contribution in [3.8, 4) is 16.9 Å². The Morgan fingerprint density at radius 2 is 1.18 bits per heavy atom. The summed E-state index contributed by atoms with van der Waals surface area (Å²) in [6.07, 6.45) is 4.94. The Balaban J connectivity index is 1.87. The third-order valence-electron chi connectivity index (χ3n) is 7.37. The Morgan fingerprint density at radius 3 is 1.94 bits per heavy atom. The Morgan fingerprint density at radius 1 is 0.576 bits per heavy atom. The first-order valence-corrected chi connectivity index (χ1v) is 13.8. The van der Waals surface area contributed by atoms with Gasteiger partial charge in [0.25, 0.3) is 0 Å². The highest BCUT2D eigenvalue weighted by atomic mass is 32.3. The minimum absolute atomic E-state index is 0.899. The van der Waals surface area contributed by atoms with E-state index in [-0.39, 0.29) is 0 Å². The van der Waals surface area contributed by atoms with Gasteiger partial charge in [-0.2, -0.15) is 10.0 Å². The fourth-order valence-corrected chi connectivity index (χ4v) is 8.80. The molecule has 0 saturated carbocycles. The quantitative estimate of drug-likeness (QED) is 0.230. The van der Waals surface area contributed by atoms with Crippen LogP contribution < -0.4 is 4.74 Å². The first-order valence-electron chi connectivity index (χ1n) is 11.3. The van der Waals surface area contributed by atoms with Gasteiger partial charge in [-0.3, -0.25) is 0 Å². The molecule has 160 valence electrons. The topological polar surface area (TPSA) is 9.23 Å². The van der Waals surface area contributed by atoms with E-state index in [1.165, 1.54) is 64.0 Å². The first-order chi connectivity index (χ1) is 16.1. The van der Waals surface area contributed by atoms with Crippen molar-refractivity contribution in [2.24, 2.45) is 0 Å². The number of methoxy groups -OCH3 is 1. The van der Waals surface area contributed by atoms with Crippen molar-refractivity contribution in [2.75, 3.05) is 19.6 Å². The fourth-order valence-electron chi connectivity index (χ4n) is 5.98. The van der Waals surface area contributed by atoms with Crippen molar-refractivity contribution in [1.29, 1.82) is 0 Å². The molecule has 1 aliphatic rings. The predicted octanol–water partition coefficient (Wildman–Crippen LogP) is 8.77. The fraction of sp³-hybridized carbons (Fsp3) is 0.0968. The van der Waals surface area contributed by atoms with E-state index in [9.17, 15) is 0 Å². The van der Waals surface area contributed by atoms with Gasteiger partial charge in [0, 0.05) is 20.7 Å². The third-order valence-corrected chi connectivity index (χ3v) is 10.3. The van der Waals surface area contributed by atoms with Gasteiger partial charge in [0.2, 0.25) is 0 Å². The summed E-state index contributed by atoms with van der Waals surface area (Å²) >= 11 is 0. The summed E-state index contributed by atoms with van der Waals surface area (Å²) in [4.78, 5) is 3.03. The van der Waals surface area contributed by atoms with Crippen LogP contribution in [0.1, 0.15) is 0 Å². The van der Waals surface area contributed by atoms with Crippen molar-refractivity contribution >= 4 is 53.1 Å². The van der Waals surface area contributed by atoms with E-state index in [1.807, 2.05) is 0 Å². The number of benzene rings is 6. The average Bonchev–Trinajstić information content (AvgIpc) is 3.11. The second-order valence-electron chi connectivity index (χ2n) is 9.28. The van der Waals surface area contributed by atoms with Gasteiger partial charge in [0.05, 0.1) is 7.11 Å².